The van der Waals surface area contributed by atoms with Crippen LogP contribution < -0.4 is 0 Å². The summed E-state index contributed by atoms with van der Waals surface area (Å²) in [5, 5.41) is 8.84. The molecule has 0 unspecified atom stereocenters. The summed E-state index contributed by atoms with van der Waals surface area (Å²) < 4.78 is 0. The lowest BCUT2D eigenvalue weighted by Gasteiger charge is -2.34. The van der Waals surface area contributed by atoms with Gasteiger partial charge in [-0.15, -0.1) is 0 Å². The molecule has 0 bridgehead atoms. The van der Waals surface area contributed by atoms with Crippen molar-refractivity contribution in [2.24, 2.45) is 0 Å². The predicted octanol–water partition coefficient (Wildman–Crippen LogP) is 2.31. The van der Waals surface area contributed by atoms with Crippen molar-refractivity contribution in [2.75, 3.05) is 32.7 Å². The summed E-state index contributed by atoms with van der Waals surface area (Å²) in [6.07, 6.45) is 4.83. The standard InChI is InChI=1S/C19H22N4/c20-15-18-1-3-19(4-2-18)16-23-13-11-22(12-14-23)10-7-17-5-8-21-9-6-17/h1-6,8-9H,7,10-14,16H2. The number of rotatable bonds is 5. The van der Waals surface area contributed by atoms with Crippen LogP contribution in [0, 0.1) is 11.3 Å². The first-order valence-electron chi connectivity index (χ1n) is 8.16. The molecular formula is C19H22N4. The van der Waals surface area contributed by atoms with E-state index < -0.39 is 0 Å². The lowest BCUT2D eigenvalue weighted by molar-refractivity contribution is 0.128. The lowest BCUT2D eigenvalue weighted by atomic mass is 10.1. The monoisotopic (exact) mass is 306 g/mol. The van der Waals surface area contributed by atoms with Crippen LogP contribution in [0.2, 0.25) is 0 Å². The number of benzene rings is 1. The highest BCUT2D eigenvalue weighted by atomic mass is 15.3. The number of hydrogen-bond acceptors (Lipinski definition) is 4. The molecule has 0 spiro atoms. The van der Waals surface area contributed by atoms with Gasteiger partial charge in [-0.05, 0) is 41.8 Å². The van der Waals surface area contributed by atoms with Gasteiger partial charge in [-0.1, -0.05) is 12.1 Å². The van der Waals surface area contributed by atoms with E-state index in [9.17, 15) is 0 Å². The average Bonchev–Trinajstić information content (AvgIpc) is 2.63. The molecule has 3 rings (SSSR count). The quantitative estimate of drug-likeness (QED) is 0.850. The molecule has 2 aromatic rings. The van der Waals surface area contributed by atoms with E-state index in [2.05, 4.69) is 45.1 Å². The molecule has 0 atom stereocenters. The molecule has 1 aromatic heterocycles. The van der Waals surface area contributed by atoms with E-state index in [4.69, 9.17) is 5.26 Å². The van der Waals surface area contributed by atoms with E-state index >= 15 is 0 Å². The first-order chi connectivity index (χ1) is 11.3. The summed E-state index contributed by atoms with van der Waals surface area (Å²) in [6, 6.07) is 14.3. The number of piperazine rings is 1. The van der Waals surface area contributed by atoms with Gasteiger partial charge < -0.3 is 4.90 Å². The summed E-state index contributed by atoms with van der Waals surface area (Å²) in [5.74, 6) is 0. The van der Waals surface area contributed by atoms with Gasteiger partial charge >= 0.3 is 0 Å². The molecule has 0 amide bonds. The minimum atomic E-state index is 0.731. The molecule has 1 fully saturated rings. The Kier molecular flexibility index (Phi) is 5.36. The predicted molar refractivity (Wildman–Crippen MR) is 90.8 cm³/mol. The Balaban J connectivity index is 1.42. The smallest absolute Gasteiger partial charge is 0.0991 e. The Morgan fingerprint density at radius 1 is 0.870 bits per heavy atom. The van der Waals surface area contributed by atoms with Crippen LogP contribution in [0.4, 0.5) is 0 Å². The van der Waals surface area contributed by atoms with Crippen LogP contribution in [-0.4, -0.2) is 47.5 Å². The van der Waals surface area contributed by atoms with E-state index in [0.717, 1.165) is 51.3 Å². The highest BCUT2D eigenvalue weighted by Crippen LogP contribution is 2.10. The molecule has 0 aliphatic carbocycles. The van der Waals surface area contributed by atoms with Gasteiger partial charge in [-0.3, -0.25) is 9.88 Å². The van der Waals surface area contributed by atoms with Crippen molar-refractivity contribution in [3.63, 3.8) is 0 Å². The van der Waals surface area contributed by atoms with Crippen LogP contribution in [0.1, 0.15) is 16.7 Å². The average molecular weight is 306 g/mol. The van der Waals surface area contributed by atoms with E-state index in [1.807, 2.05) is 24.5 Å². The number of pyridine rings is 1. The maximum absolute atomic E-state index is 8.84. The van der Waals surface area contributed by atoms with Crippen molar-refractivity contribution in [1.82, 2.24) is 14.8 Å². The second kappa shape index (κ2) is 7.87. The first-order valence-corrected chi connectivity index (χ1v) is 8.16. The zero-order valence-corrected chi connectivity index (χ0v) is 13.4. The summed E-state index contributed by atoms with van der Waals surface area (Å²) in [6.45, 7) is 6.56. The molecule has 4 nitrogen and oxygen atoms in total. The van der Waals surface area contributed by atoms with Crippen LogP contribution in [-0.2, 0) is 13.0 Å². The largest absolute Gasteiger partial charge is 0.300 e. The first kappa shape index (κ1) is 15.7. The highest BCUT2D eigenvalue weighted by Gasteiger charge is 2.16. The highest BCUT2D eigenvalue weighted by molar-refractivity contribution is 5.31. The second-order valence-corrected chi connectivity index (χ2v) is 6.03. The van der Waals surface area contributed by atoms with Gasteiger partial charge in [-0.25, -0.2) is 0 Å². The molecule has 1 saturated heterocycles. The molecule has 0 radical (unpaired) electrons. The molecule has 1 aliphatic rings. The fourth-order valence-electron chi connectivity index (χ4n) is 2.95. The Morgan fingerprint density at radius 2 is 1.52 bits per heavy atom. The Hall–Kier alpha value is -2.22. The molecule has 1 aromatic carbocycles. The second-order valence-electron chi connectivity index (χ2n) is 6.03. The Bertz CT molecular complexity index is 637. The van der Waals surface area contributed by atoms with Gasteiger partial charge in [0.15, 0.2) is 0 Å². The molecule has 1 aliphatic heterocycles. The van der Waals surface area contributed by atoms with Crippen molar-refractivity contribution in [3.8, 4) is 6.07 Å². The van der Waals surface area contributed by atoms with Gasteiger partial charge in [0.2, 0.25) is 0 Å². The van der Waals surface area contributed by atoms with E-state index in [-0.39, 0.29) is 0 Å². The van der Waals surface area contributed by atoms with Gasteiger partial charge in [0, 0.05) is 51.7 Å². The van der Waals surface area contributed by atoms with Crippen LogP contribution >= 0.6 is 0 Å². The van der Waals surface area contributed by atoms with Crippen molar-refractivity contribution in [2.45, 2.75) is 13.0 Å². The number of nitriles is 1. The minimum Gasteiger partial charge on any atom is -0.300 e. The summed E-state index contributed by atoms with van der Waals surface area (Å²) in [5.41, 5.74) is 3.38. The number of hydrogen-bond donors (Lipinski definition) is 0. The third-order valence-electron chi connectivity index (χ3n) is 4.42. The molecule has 0 saturated carbocycles. The van der Waals surface area contributed by atoms with Crippen LogP contribution in [0.15, 0.2) is 48.8 Å². The van der Waals surface area contributed by atoms with Crippen molar-refractivity contribution in [3.05, 3.63) is 65.5 Å². The normalized spacial score (nSPS) is 16.1. The Labute approximate surface area is 138 Å². The van der Waals surface area contributed by atoms with Crippen LogP contribution in [0.5, 0.6) is 0 Å². The molecule has 4 heteroatoms. The van der Waals surface area contributed by atoms with Crippen molar-refractivity contribution in [1.29, 1.82) is 5.26 Å². The Morgan fingerprint density at radius 3 is 2.17 bits per heavy atom. The van der Waals surface area contributed by atoms with E-state index in [0.29, 0.717) is 0 Å². The zero-order chi connectivity index (χ0) is 15.9. The molecule has 0 N–H and O–H groups in total. The summed E-state index contributed by atoms with van der Waals surface area (Å²) >= 11 is 0. The minimum absolute atomic E-state index is 0.731. The number of nitrogens with zero attached hydrogens (tertiary/aromatic N) is 4. The van der Waals surface area contributed by atoms with Crippen LogP contribution in [0.25, 0.3) is 0 Å². The third kappa shape index (κ3) is 4.62. The lowest BCUT2D eigenvalue weighted by Crippen LogP contribution is -2.46. The van der Waals surface area contributed by atoms with E-state index in [1.165, 1.54) is 11.1 Å². The van der Waals surface area contributed by atoms with Gasteiger partial charge in [0.1, 0.15) is 0 Å². The fraction of sp³-hybridized carbons (Fsp3) is 0.368. The molecule has 23 heavy (non-hydrogen) atoms. The number of aromatic nitrogens is 1. The summed E-state index contributed by atoms with van der Waals surface area (Å²) in [4.78, 5) is 9.09. The van der Waals surface area contributed by atoms with Crippen LogP contribution in [0.3, 0.4) is 0 Å². The van der Waals surface area contributed by atoms with Crippen molar-refractivity contribution >= 4 is 0 Å². The SMILES string of the molecule is N#Cc1ccc(CN2CCN(CCc3ccncc3)CC2)cc1. The third-order valence-corrected chi connectivity index (χ3v) is 4.42. The maximum Gasteiger partial charge on any atom is 0.0991 e. The fourth-order valence-corrected chi connectivity index (χ4v) is 2.95. The van der Waals surface area contributed by atoms with Crippen molar-refractivity contribution < 1.29 is 0 Å². The van der Waals surface area contributed by atoms with E-state index in [1.54, 1.807) is 0 Å². The topological polar surface area (TPSA) is 43.2 Å². The molecule has 2 heterocycles. The summed E-state index contributed by atoms with van der Waals surface area (Å²) in [7, 11) is 0. The zero-order valence-electron chi connectivity index (χ0n) is 13.4. The van der Waals surface area contributed by atoms with Gasteiger partial charge in [0.05, 0.1) is 11.6 Å². The molecule has 118 valence electrons. The maximum atomic E-state index is 8.84. The molecular weight excluding hydrogens is 284 g/mol. The van der Waals surface area contributed by atoms with Gasteiger partial charge in [-0.2, -0.15) is 5.26 Å². The van der Waals surface area contributed by atoms with Gasteiger partial charge in [0.25, 0.3) is 0 Å².